The first-order valence-electron chi connectivity index (χ1n) is 16.1. The van der Waals surface area contributed by atoms with Gasteiger partial charge in [-0.1, -0.05) is 0 Å². The first-order chi connectivity index (χ1) is 19.6. The van der Waals surface area contributed by atoms with Crippen LogP contribution in [0.2, 0.25) is 7.25 Å². The molecule has 0 amide bonds. The monoisotopic (exact) mass is 684 g/mol. The van der Waals surface area contributed by atoms with Gasteiger partial charge in [0, 0.05) is 0 Å². The number of hydrogen-bond acceptors (Lipinski definition) is 0. The van der Waals surface area contributed by atoms with Crippen LogP contribution in [0.1, 0.15) is 96.7 Å². The summed E-state index contributed by atoms with van der Waals surface area (Å²) in [7, 11) is 0. The number of benzene rings is 4. The fourth-order valence-corrected chi connectivity index (χ4v) is 34.0. The van der Waals surface area contributed by atoms with Crippen molar-refractivity contribution in [2.24, 2.45) is 10.8 Å². The molecule has 4 aliphatic rings. The second-order valence-electron chi connectivity index (χ2n) is 15.6. The molecule has 1 saturated carbocycles. The first-order valence-corrected chi connectivity index (χ1v) is 21.8. The van der Waals surface area contributed by atoms with Gasteiger partial charge < -0.3 is 24.8 Å². The summed E-state index contributed by atoms with van der Waals surface area (Å²) in [4.78, 5) is 0. The molecule has 0 N–H and O–H groups in total. The molecule has 4 aromatic carbocycles. The van der Waals surface area contributed by atoms with Crippen LogP contribution in [0.5, 0.6) is 0 Å². The summed E-state index contributed by atoms with van der Waals surface area (Å²) in [6.45, 7) is 15.0. The molecule has 0 radical (unpaired) electrons. The van der Waals surface area contributed by atoms with E-state index in [0.717, 1.165) is 7.25 Å². The van der Waals surface area contributed by atoms with E-state index in [4.69, 9.17) is 0 Å². The maximum atomic E-state index is 2.70. The number of fused-ring (bicyclic) bond motifs is 7. The SMILES string of the molecule is CC(C)(C)C1=Cc2c(ccc3ccccc23)[CH]1[Zr+2]1([CH]2C(C(C)(C)C)=Cc3c2ccc2ccccc32)[CH]2CCCC[CH]21.[Cl-].[Cl-]. The van der Waals surface area contributed by atoms with Gasteiger partial charge in [0.15, 0.2) is 0 Å². The summed E-state index contributed by atoms with van der Waals surface area (Å²) in [5, 5.41) is 5.70. The second-order valence-corrected chi connectivity index (χ2v) is 27.0. The molecule has 1 heterocycles. The minimum Gasteiger partial charge on any atom is -1.00 e. The van der Waals surface area contributed by atoms with Crippen LogP contribution in [0.4, 0.5) is 0 Å². The molecule has 0 aromatic heterocycles. The molecule has 222 valence electrons. The van der Waals surface area contributed by atoms with Crippen molar-refractivity contribution in [1.29, 1.82) is 0 Å². The van der Waals surface area contributed by atoms with E-state index in [1.807, 2.05) is 0 Å². The largest absolute Gasteiger partial charge is 1.00 e. The number of halogens is 2. The fraction of sp³-hybridized carbons (Fsp3) is 0.400. The van der Waals surface area contributed by atoms with Gasteiger partial charge in [0.25, 0.3) is 0 Å². The van der Waals surface area contributed by atoms with Crippen molar-refractivity contribution in [3.8, 4) is 0 Å². The summed E-state index contributed by atoms with van der Waals surface area (Å²) in [5.41, 5.74) is 10.3. The molecule has 3 heteroatoms. The number of allylic oxidation sites excluding steroid dienone is 2. The van der Waals surface area contributed by atoms with E-state index in [2.05, 4.69) is 126 Å². The molecule has 1 saturated heterocycles. The molecule has 4 unspecified atom stereocenters. The molecule has 8 rings (SSSR count). The van der Waals surface area contributed by atoms with Crippen molar-refractivity contribution in [1.82, 2.24) is 0 Å². The van der Waals surface area contributed by atoms with E-state index in [1.54, 1.807) is 33.4 Å². The smallest absolute Gasteiger partial charge is 1.00 e. The standard InChI is InChI=1S/2C17H17.C6H10.2ClH.Zr/c2*1-17(2,3)14-10-13-9-8-12-6-4-5-7-15(12)16(13)11-14;1-2-4-6-5-3-1;;;/h2*4-11H,1-3H3;1-2H,3-6H2;2*1H;/q;;;;;+2/p-2. The van der Waals surface area contributed by atoms with Crippen LogP contribution in [0.15, 0.2) is 83.9 Å². The molecule has 0 nitrogen and oxygen atoms in total. The van der Waals surface area contributed by atoms with E-state index in [1.165, 1.54) is 47.2 Å². The Labute approximate surface area is 275 Å². The molecular weight excluding hydrogens is 643 g/mol. The minimum absolute atomic E-state index is 0. The van der Waals surface area contributed by atoms with Gasteiger partial charge in [-0.05, 0) is 0 Å². The van der Waals surface area contributed by atoms with Gasteiger partial charge in [-0.15, -0.1) is 0 Å². The maximum absolute atomic E-state index is 3.06. The van der Waals surface area contributed by atoms with E-state index < -0.39 is 20.3 Å². The Morgan fingerprint density at radius 3 is 1.33 bits per heavy atom. The average Bonchev–Trinajstić information content (AvgIpc) is 3.24. The van der Waals surface area contributed by atoms with E-state index in [0.29, 0.717) is 7.25 Å². The van der Waals surface area contributed by atoms with E-state index in [-0.39, 0.29) is 35.6 Å². The summed E-state index contributed by atoms with van der Waals surface area (Å²) in [6, 6.07) is 28.3. The zero-order chi connectivity index (χ0) is 28.3. The third-order valence-electron chi connectivity index (χ3n) is 11.5. The summed E-state index contributed by atoms with van der Waals surface area (Å²) in [5.74, 6) is 0. The Hall–Kier alpha value is -1.66. The van der Waals surface area contributed by atoms with Crippen LogP contribution in [0.3, 0.4) is 0 Å². The molecular formula is C40H44Cl2Zr. The van der Waals surface area contributed by atoms with E-state index in [9.17, 15) is 0 Å². The van der Waals surface area contributed by atoms with Crippen LogP contribution in [0, 0.1) is 10.8 Å². The summed E-state index contributed by atoms with van der Waals surface area (Å²) < 4.78 is 3.34. The summed E-state index contributed by atoms with van der Waals surface area (Å²) >= 11 is -3.06. The van der Waals surface area contributed by atoms with Gasteiger partial charge in [0.1, 0.15) is 0 Å². The van der Waals surface area contributed by atoms with Gasteiger partial charge in [-0.2, -0.15) is 0 Å². The molecule has 0 spiro atoms. The van der Waals surface area contributed by atoms with Crippen molar-refractivity contribution < 1.29 is 45.1 Å². The van der Waals surface area contributed by atoms with Gasteiger partial charge in [-0.25, -0.2) is 0 Å². The van der Waals surface area contributed by atoms with Crippen molar-refractivity contribution in [3.63, 3.8) is 0 Å². The van der Waals surface area contributed by atoms with Crippen LogP contribution in [0.25, 0.3) is 33.7 Å². The zero-order valence-electron chi connectivity index (χ0n) is 26.5. The molecule has 2 fully saturated rings. The maximum Gasteiger partial charge on any atom is -1.00 e. The Bertz CT molecular complexity index is 1660. The molecule has 43 heavy (non-hydrogen) atoms. The third kappa shape index (κ3) is 4.46. The quantitative estimate of drug-likeness (QED) is 0.243. The van der Waals surface area contributed by atoms with Gasteiger partial charge in [0.2, 0.25) is 0 Å². The topological polar surface area (TPSA) is 0 Å². The predicted molar refractivity (Wildman–Crippen MR) is 174 cm³/mol. The second kappa shape index (κ2) is 10.7. The number of rotatable bonds is 2. The Morgan fingerprint density at radius 1 is 0.535 bits per heavy atom. The Morgan fingerprint density at radius 2 is 0.930 bits per heavy atom. The Balaban J connectivity index is 0.00000165. The molecule has 1 aliphatic heterocycles. The molecule has 0 bridgehead atoms. The minimum atomic E-state index is -3.06. The van der Waals surface area contributed by atoms with Crippen molar-refractivity contribution >= 4 is 33.7 Å². The van der Waals surface area contributed by atoms with Crippen LogP contribution in [-0.2, 0) is 20.3 Å². The van der Waals surface area contributed by atoms with Crippen molar-refractivity contribution in [2.45, 2.75) is 81.7 Å². The van der Waals surface area contributed by atoms with E-state index >= 15 is 0 Å². The third-order valence-corrected chi connectivity index (χ3v) is 28.3. The van der Waals surface area contributed by atoms with Crippen molar-refractivity contribution in [2.75, 3.05) is 0 Å². The van der Waals surface area contributed by atoms with Gasteiger partial charge in [0.05, 0.1) is 0 Å². The van der Waals surface area contributed by atoms with Crippen LogP contribution in [-0.4, -0.2) is 0 Å². The number of hydrogen-bond donors (Lipinski definition) is 0. The van der Waals surface area contributed by atoms with Gasteiger partial charge >= 0.3 is 253 Å². The zero-order valence-corrected chi connectivity index (χ0v) is 30.4. The average molecular weight is 687 g/mol. The summed E-state index contributed by atoms with van der Waals surface area (Å²) in [6.07, 6.45) is 11.2. The normalized spacial score (nSPS) is 25.9. The predicted octanol–water partition coefficient (Wildman–Crippen LogP) is 5.99. The first kappa shape index (κ1) is 31.3. The Kier molecular flexibility index (Phi) is 7.81. The fourth-order valence-electron chi connectivity index (χ4n) is 9.88. The van der Waals surface area contributed by atoms with Crippen LogP contribution < -0.4 is 24.8 Å². The van der Waals surface area contributed by atoms with Gasteiger partial charge in [-0.3, -0.25) is 0 Å². The van der Waals surface area contributed by atoms with Crippen LogP contribution >= 0.6 is 0 Å². The molecule has 4 atom stereocenters. The molecule has 3 aliphatic carbocycles. The van der Waals surface area contributed by atoms with Crippen molar-refractivity contribution in [3.05, 3.63) is 106 Å². The molecule has 4 aromatic rings.